The Morgan fingerprint density at radius 1 is 1.56 bits per heavy atom. The van der Waals surface area contributed by atoms with Crippen LogP contribution in [-0.4, -0.2) is 41.4 Å². The molecule has 1 aromatic rings. The quantitative estimate of drug-likeness (QED) is 0.866. The molecule has 0 saturated carbocycles. The lowest BCUT2D eigenvalue weighted by atomic mass is 9.98. The maximum absolute atomic E-state index is 4.33. The Bertz CT molecular complexity index is 360. The van der Waals surface area contributed by atoms with E-state index in [0.717, 1.165) is 19.0 Å². The minimum Gasteiger partial charge on any atom is -0.310 e. The van der Waals surface area contributed by atoms with Gasteiger partial charge in [0, 0.05) is 30.9 Å². The molecule has 0 radical (unpaired) electrons. The highest BCUT2D eigenvalue weighted by Gasteiger charge is 2.18. The molecule has 0 aromatic carbocycles. The van der Waals surface area contributed by atoms with Crippen molar-refractivity contribution in [2.45, 2.75) is 39.3 Å². The van der Waals surface area contributed by atoms with Gasteiger partial charge in [-0.3, -0.25) is 4.68 Å². The Balaban J connectivity index is 1.78. The average molecular weight is 250 g/mol. The van der Waals surface area contributed by atoms with Crippen molar-refractivity contribution in [2.24, 2.45) is 5.92 Å². The fourth-order valence-corrected chi connectivity index (χ4v) is 2.68. The SMILES string of the molecule is CCn1cc(C(C)NCC2CCCN(C)C2)cn1. The van der Waals surface area contributed by atoms with Crippen molar-refractivity contribution >= 4 is 0 Å². The molecular formula is C14H26N4. The summed E-state index contributed by atoms with van der Waals surface area (Å²) in [4.78, 5) is 2.44. The van der Waals surface area contributed by atoms with Gasteiger partial charge in [-0.25, -0.2) is 0 Å². The highest BCUT2D eigenvalue weighted by molar-refractivity contribution is 5.09. The maximum atomic E-state index is 4.33. The topological polar surface area (TPSA) is 33.1 Å². The molecule has 1 fully saturated rings. The van der Waals surface area contributed by atoms with Crippen LogP contribution in [-0.2, 0) is 6.54 Å². The third kappa shape index (κ3) is 3.56. The molecule has 1 N–H and O–H groups in total. The first-order valence-electron chi connectivity index (χ1n) is 7.13. The van der Waals surface area contributed by atoms with Crippen LogP contribution in [0.3, 0.4) is 0 Å². The van der Waals surface area contributed by atoms with Crippen LogP contribution in [0.2, 0.25) is 0 Å². The van der Waals surface area contributed by atoms with Crippen LogP contribution in [0.1, 0.15) is 38.3 Å². The van der Waals surface area contributed by atoms with Crippen LogP contribution < -0.4 is 5.32 Å². The fourth-order valence-electron chi connectivity index (χ4n) is 2.68. The van der Waals surface area contributed by atoms with E-state index in [2.05, 4.69) is 42.4 Å². The van der Waals surface area contributed by atoms with Crippen molar-refractivity contribution in [1.82, 2.24) is 20.0 Å². The van der Waals surface area contributed by atoms with Crippen LogP contribution >= 0.6 is 0 Å². The van der Waals surface area contributed by atoms with E-state index in [-0.39, 0.29) is 0 Å². The first kappa shape index (κ1) is 13.6. The highest BCUT2D eigenvalue weighted by atomic mass is 15.3. The second-order valence-corrected chi connectivity index (χ2v) is 5.53. The van der Waals surface area contributed by atoms with Crippen molar-refractivity contribution < 1.29 is 0 Å². The maximum Gasteiger partial charge on any atom is 0.0537 e. The lowest BCUT2D eigenvalue weighted by Crippen LogP contribution is -2.37. The molecule has 0 spiro atoms. The Kier molecular flexibility index (Phi) is 4.78. The molecule has 1 aromatic heterocycles. The molecule has 1 aliphatic rings. The van der Waals surface area contributed by atoms with E-state index < -0.39 is 0 Å². The molecule has 4 nitrogen and oxygen atoms in total. The second kappa shape index (κ2) is 6.34. The molecule has 102 valence electrons. The van der Waals surface area contributed by atoms with Gasteiger partial charge in [-0.05, 0) is 52.7 Å². The van der Waals surface area contributed by atoms with Gasteiger partial charge in [0.2, 0.25) is 0 Å². The lowest BCUT2D eigenvalue weighted by molar-refractivity contribution is 0.203. The number of hydrogen-bond acceptors (Lipinski definition) is 3. The van der Waals surface area contributed by atoms with Crippen molar-refractivity contribution in [3.8, 4) is 0 Å². The van der Waals surface area contributed by atoms with E-state index in [1.807, 2.05) is 10.9 Å². The number of nitrogens with one attached hydrogen (secondary N) is 1. The van der Waals surface area contributed by atoms with E-state index in [0.29, 0.717) is 6.04 Å². The van der Waals surface area contributed by atoms with Crippen molar-refractivity contribution in [3.63, 3.8) is 0 Å². The summed E-state index contributed by atoms with van der Waals surface area (Å²) in [7, 11) is 2.22. The zero-order chi connectivity index (χ0) is 13.0. The highest BCUT2D eigenvalue weighted by Crippen LogP contribution is 2.16. The predicted molar refractivity (Wildman–Crippen MR) is 74.5 cm³/mol. The van der Waals surface area contributed by atoms with Gasteiger partial charge >= 0.3 is 0 Å². The second-order valence-electron chi connectivity index (χ2n) is 5.53. The molecule has 0 amide bonds. The molecule has 4 heteroatoms. The van der Waals surface area contributed by atoms with Crippen LogP contribution in [0.25, 0.3) is 0 Å². The van der Waals surface area contributed by atoms with Gasteiger partial charge < -0.3 is 10.2 Å². The van der Waals surface area contributed by atoms with Crippen LogP contribution in [0.15, 0.2) is 12.4 Å². The zero-order valence-electron chi connectivity index (χ0n) is 11.9. The van der Waals surface area contributed by atoms with Crippen LogP contribution in [0.4, 0.5) is 0 Å². The molecule has 0 bridgehead atoms. The molecular weight excluding hydrogens is 224 g/mol. The fraction of sp³-hybridized carbons (Fsp3) is 0.786. The Hall–Kier alpha value is -0.870. The molecule has 2 heterocycles. The first-order chi connectivity index (χ1) is 8.69. The standard InChI is InChI=1S/C14H26N4/c1-4-18-11-14(9-16-18)12(2)15-8-13-6-5-7-17(3)10-13/h9,11-13,15H,4-8,10H2,1-3H3. The third-order valence-electron chi connectivity index (χ3n) is 3.91. The van der Waals surface area contributed by atoms with Gasteiger partial charge in [-0.15, -0.1) is 0 Å². The molecule has 2 rings (SSSR count). The van der Waals surface area contributed by atoms with E-state index in [1.165, 1.54) is 31.5 Å². The number of hydrogen-bond donors (Lipinski definition) is 1. The van der Waals surface area contributed by atoms with Gasteiger partial charge in [-0.1, -0.05) is 0 Å². The normalized spacial score (nSPS) is 23.2. The van der Waals surface area contributed by atoms with E-state index in [9.17, 15) is 0 Å². The number of aromatic nitrogens is 2. The predicted octanol–water partition coefficient (Wildman–Crippen LogP) is 1.90. The monoisotopic (exact) mass is 250 g/mol. The van der Waals surface area contributed by atoms with Crippen LogP contribution in [0.5, 0.6) is 0 Å². The number of likely N-dealkylation sites (tertiary alicyclic amines) is 1. The van der Waals surface area contributed by atoms with Crippen LogP contribution in [0, 0.1) is 5.92 Å². The minimum atomic E-state index is 0.400. The number of rotatable bonds is 5. The first-order valence-corrected chi connectivity index (χ1v) is 7.13. The van der Waals surface area contributed by atoms with E-state index in [1.54, 1.807) is 0 Å². The third-order valence-corrected chi connectivity index (χ3v) is 3.91. The summed E-state index contributed by atoms with van der Waals surface area (Å²) in [5.74, 6) is 0.799. The van der Waals surface area contributed by atoms with E-state index in [4.69, 9.17) is 0 Å². The van der Waals surface area contributed by atoms with Gasteiger partial charge in [0.05, 0.1) is 6.20 Å². The molecule has 2 atom stereocenters. The van der Waals surface area contributed by atoms with Gasteiger partial charge in [0.15, 0.2) is 0 Å². The van der Waals surface area contributed by atoms with Gasteiger partial charge in [0.1, 0.15) is 0 Å². The van der Waals surface area contributed by atoms with Gasteiger partial charge in [0.25, 0.3) is 0 Å². The summed E-state index contributed by atoms with van der Waals surface area (Å²) in [6.07, 6.45) is 6.82. The van der Waals surface area contributed by atoms with Crippen molar-refractivity contribution in [2.75, 3.05) is 26.7 Å². The molecule has 1 saturated heterocycles. The molecule has 1 aliphatic heterocycles. The Morgan fingerprint density at radius 2 is 2.39 bits per heavy atom. The van der Waals surface area contributed by atoms with Crippen molar-refractivity contribution in [1.29, 1.82) is 0 Å². The largest absolute Gasteiger partial charge is 0.310 e. The Morgan fingerprint density at radius 3 is 3.06 bits per heavy atom. The minimum absolute atomic E-state index is 0.400. The smallest absolute Gasteiger partial charge is 0.0537 e. The zero-order valence-corrected chi connectivity index (χ0v) is 11.9. The summed E-state index contributed by atoms with van der Waals surface area (Å²) in [6, 6.07) is 0.400. The number of nitrogens with zero attached hydrogens (tertiary/aromatic N) is 3. The lowest BCUT2D eigenvalue weighted by Gasteiger charge is -2.30. The molecule has 0 aliphatic carbocycles. The average Bonchev–Trinajstić information content (AvgIpc) is 2.85. The summed E-state index contributed by atoms with van der Waals surface area (Å²) < 4.78 is 1.99. The summed E-state index contributed by atoms with van der Waals surface area (Å²) >= 11 is 0. The molecule has 18 heavy (non-hydrogen) atoms. The molecule has 2 unspecified atom stereocenters. The van der Waals surface area contributed by atoms with E-state index >= 15 is 0 Å². The van der Waals surface area contributed by atoms with Crippen molar-refractivity contribution in [3.05, 3.63) is 18.0 Å². The summed E-state index contributed by atoms with van der Waals surface area (Å²) in [5, 5.41) is 7.98. The Labute approximate surface area is 110 Å². The summed E-state index contributed by atoms with van der Waals surface area (Å²) in [6.45, 7) is 8.89. The number of piperidine rings is 1. The summed E-state index contributed by atoms with van der Waals surface area (Å²) in [5.41, 5.74) is 1.29. The van der Waals surface area contributed by atoms with Gasteiger partial charge in [-0.2, -0.15) is 5.10 Å². The number of aryl methyl sites for hydroxylation is 1.